The Kier molecular flexibility index (Phi) is 5.42. The predicted molar refractivity (Wildman–Crippen MR) is 117 cm³/mol. The number of aromatic amines is 2. The highest BCUT2D eigenvalue weighted by Crippen LogP contribution is 2.34. The van der Waals surface area contributed by atoms with Gasteiger partial charge >= 0.3 is 5.69 Å². The lowest BCUT2D eigenvalue weighted by molar-refractivity contribution is 0.414. The number of imidazole rings is 1. The summed E-state index contributed by atoms with van der Waals surface area (Å²) in [5, 5.41) is 10.9. The van der Waals surface area contributed by atoms with Crippen LogP contribution in [-0.2, 0) is 6.42 Å². The molecule has 0 bridgehead atoms. The van der Waals surface area contributed by atoms with Crippen LogP contribution in [0.2, 0.25) is 0 Å². The molecule has 0 aliphatic carbocycles. The second-order valence-corrected chi connectivity index (χ2v) is 7.07. The van der Waals surface area contributed by atoms with Crippen LogP contribution >= 0.6 is 0 Å². The molecule has 7 heteroatoms. The van der Waals surface area contributed by atoms with E-state index in [-0.39, 0.29) is 11.4 Å². The van der Waals surface area contributed by atoms with Gasteiger partial charge in [-0.05, 0) is 56.1 Å². The van der Waals surface area contributed by atoms with Crippen molar-refractivity contribution in [3.8, 4) is 28.8 Å². The van der Waals surface area contributed by atoms with Gasteiger partial charge in [0.2, 0.25) is 0 Å². The fourth-order valence-corrected chi connectivity index (χ4v) is 3.82. The van der Waals surface area contributed by atoms with Crippen LogP contribution in [0.4, 0.5) is 0 Å². The van der Waals surface area contributed by atoms with Gasteiger partial charge in [0.05, 0.1) is 18.5 Å². The molecule has 0 amide bonds. The summed E-state index contributed by atoms with van der Waals surface area (Å²) in [6.45, 7) is 0.629. The standard InChI is InChI=1S/C23H23N5O2/c1-30-16-11-9-15(10-12-16)28-20(14-25)22(27-23(28)29)21-17-6-2-3-7-18(17)26-19(21)8-4-5-13-24/h2-3,6-7,9-12,26H,4-5,8,13,24H2,1H3,(H,27,29). The number of aryl methyl sites for hydroxylation is 1. The minimum Gasteiger partial charge on any atom is -0.497 e. The summed E-state index contributed by atoms with van der Waals surface area (Å²) in [5.41, 5.74) is 9.53. The van der Waals surface area contributed by atoms with Crippen LogP contribution in [0, 0.1) is 11.3 Å². The summed E-state index contributed by atoms with van der Waals surface area (Å²) in [7, 11) is 1.58. The van der Waals surface area contributed by atoms with Crippen molar-refractivity contribution in [1.29, 1.82) is 5.26 Å². The molecule has 0 unspecified atom stereocenters. The summed E-state index contributed by atoms with van der Waals surface area (Å²) in [6, 6.07) is 17.2. The number of unbranched alkanes of at least 4 members (excludes halogenated alkanes) is 1. The van der Waals surface area contributed by atoms with Gasteiger partial charge in [0.15, 0.2) is 5.69 Å². The molecule has 0 aliphatic heterocycles. The van der Waals surface area contributed by atoms with E-state index in [1.807, 2.05) is 24.3 Å². The van der Waals surface area contributed by atoms with E-state index in [4.69, 9.17) is 10.5 Å². The molecule has 0 aliphatic rings. The van der Waals surface area contributed by atoms with E-state index < -0.39 is 0 Å². The van der Waals surface area contributed by atoms with E-state index in [2.05, 4.69) is 16.0 Å². The van der Waals surface area contributed by atoms with Gasteiger partial charge in [0, 0.05) is 22.2 Å². The van der Waals surface area contributed by atoms with Crippen LogP contribution in [0.15, 0.2) is 53.3 Å². The number of nitrogens with one attached hydrogen (secondary N) is 2. The number of fused-ring (bicyclic) bond motifs is 1. The van der Waals surface area contributed by atoms with Crippen molar-refractivity contribution in [2.75, 3.05) is 13.7 Å². The number of methoxy groups -OCH3 is 1. The quantitative estimate of drug-likeness (QED) is 0.412. The molecule has 4 N–H and O–H groups in total. The minimum absolute atomic E-state index is 0.273. The Bertz CT molecular complexity index is 1270. The third-order valence-corrected chi connectivity index (χ3v) is 5.25. The average Bonchev–Trinajstić information content (AvgIpc) is 3.30. The SMILES string of the molecule is COc1ccc(-n2c(C#N)c(-c3c(CCCCN)[nH]c4ccccc34)[nH]c2=O)cc1. The molecule has 0 atom stereocenters. The van der Waals surface area contributed by atoms with Gasteiger partial charge in [-0.1, -0.05) is 18.2 Å². The number of benzene rings is 2. The highest BCUT2D eigenvalue weighted by molar-refractivity contribution is 5.97. The second-order valence-electron chi connectivity index (χ2n) is 7.07. The molecular weight excluding hydrogens is 378 g/mol. The Morgan fingerprint density at radius 1 is 1.10 bits per heavy atom. The largest absolute Gasteiger partial charge is 0.497 e. The zero-order valence-corrected chi connectivity index (χ0v) is 16.7. The van der Waals surface area contributed by atoms with E-state index in [1.165, 1.54) is 4.57 Å². The van der Waals surface area contributed by atoms with Gasteiger partial charge in [-0.3, -0.25) is 4.57 Å². The van der Waals surface area contributed by atoms with Crippen LogP contribution in [0.25, 0.3) is 27.8 Å². The maximum Gasteiger partial charge on any atom is 0.331 e. The summed E-state index contributed by atoms with van der Waals surface area (Å²) in [4.78, 5) is 19.3. The number of nitrogens with zero attached hydrogens (tertiary/aromatic N) is 2. The Balaban J connectivity index is 1.91. The first-order valence-electron chi connectivity index (χ1n) is 9.87. The fraction of sp³-hybridized carbons (Fsp3) is 0.217. The Hall–Kier alpha value is -3.76. The highest BCUT2D eigenvalue weighted by Gasteiger charge is 2.22. The number of para-hydroxylation sites is 1. The topological polar surface area (TPSA) is 113 Å². The molecule has 2 aromatic heterocycles. The summed E-state index contributed by atoms with van der Waals surface area (Å²) in [5.74, 6) is 0.680. The third kappa shape index (κ3) is 3.38. The molecular formula is C23H23N5O2. The Labute approximate surface area is 173 Å². The molecule has 0 saturated carbocycles. The van der Waals surface area contributed by atoms with Gasteiger partial charge in [-0.2, -0.15) is 5.26 Å². The molecule has 2 heterocycles. The van der Waals surface area contributed by atoms with E-state index >= 15 is 0 Å². The lowest BCUT2D eigenvalue weighted by atomic mass is 10.0. The molecule has 0 radical (unpaired) electrons. The van der Waals surface area contributed by atoms with E-state index in [0.717, 1.165) is 41.4 Å². The number of ether oxygens (including phenoxy) is 1. The first-order valence-corrected chi connectivity index (χ1v) is 9.87. The molecule has 0 fully saturated rings. The monoisotopic (exact) mass is 401 g/mol. The molecule has 4 aromatic rings. The lowest BCUT2D eigenvalue weighted by Crippen LogP contribution is -2.15. The third-order valence-electron chi connectivity index (χ3n) is 5.25. The number of H-pyrrole nitrogens is 2. The molecule has 4 rings (SSSR count). The van der Waals surface area contributed by atoms with E-state index in [1.54, 1.807) is 31.4 Å². The van der Waals surface area contributed by atoms with Gasteiger partial charge in [0.25, 0.3) is 0 Å². The van der Waals surface area contributed by atoms with Gasteiger partial charge < -0.3 is 20.4 Å². The van der Waals surface area contributed by atoms with Crippen LogP contribution < -0.4 is 16.2 Å². The van der Waals surface area contributed by atoms with Crippen LogP contribution in [0.5, 0.6) is 5.75 Å². The molecule has 2 aromatic carbocycles. The fourth-order valence-electron chi connectivity index (χ4n) is 3.82. The van der Waals surface area contributed by atoms with Crippen LogP contribution in [0.1, 0.15) is 24.2 Å². The zero-order valence-electron chi connectivity index (χ0n) is 16.7. The molecule has 152 valence electrons. The first kappa shape index (κ1) is 19.6. The number of aromatic nitrogens is 3. The van der Waals surface area contributed by atoms with Crippen molar-refractivity contribution in [2.45, 2.75) is 19.3 Å². The van der Waals surface area contributed by atoms with Crippen LogP contribution in [0.3, 0.4) is 0 Å². The summed E-state index contributed by atoms with van der Waals surface area (Å²) < 4.78 is 6.60. The molecule has 30 heavy (non-hydrogen) atoms. The Morgan fingerprint density at radius 2 is 1.87 bits per heavy atom. The highest BCUT2D eigenvalue weighted by atomic mass is 16.5. The van der Waals surface area contributed by atoms with E-state index in [0.29, 0.717) is 23.7 Å². The first-order chi connectivity index (χ1) is 14.7. The average molecular weight is 401 g/mol. The zero-order chi connectivity index (χ0) is 21.1. The molecule has 7 nitrogen and oxygen atoms in total. The number of rotatable bonds is 7. The van der Waals surface area contributed by atoms with Crippen molar-refractivity contribution in [1.82, 2.24) is 14.5 Å². The van der Waals surface area contributed by atoms with Gasteiger partial charge in [-0.15, -0.1) is 0 Å². The smallest absolute Gasteiger partial charge is 0.331 e. The van der Waals surface area contributed by atoms with Crippen LogP contribution in [-0.4, -0.2) is 28.2 Å². The van der Waals surface area contributed by atoms with E-state index in [9.17, 15) is 10.1 Å². The molecule has 0 spiro atoms. The maximum absolute atomic E-state index is 12.9. The van der Waals surface area contributed by atoms with Crippen molar-refractivity contribution >= 4 is 10.9 Å². The normalized spacial score (nSPS) is 11.0. The van der Waals surface area contributed by atoms with Gasteiger partial charge in [0.1, 0.15) is 11.8 Å². The van der Waals surface area contributed by atoms with Gasteiger partial charge in [-0.25, -0.2) is 4.79 Å². The second kappa shape index (κ2) is 8.31. The summed E-state index contributed by atoms with van der Waals surface area (Å²) >= 11 is 0. The predicted octanol–water partition coefficient (Wildman–Crippen LogP) is 3.48. The number of nitriles is 1. The van der Waals surface area contributed by atoms with Crippen molar-refractivity contribution in [3.63, 3.8) is 0 Å². The van der Waals surface area contributed by atoms with Crippen molar-refractivity contribution < 1.29 is 4.74 Å². The Morgan fingerprint density at radius 3 is 2.57 bits per heavy atom. The molecule has 0 saturated heterocycles. The number of hydrogen-bond acceptors (Lipinski definition) is 4. The van der Waals surface area contributed by atoms with Crippen molar-refractivity contribution in [3.05, 3.63) is 70.4 Å². The van der Waals surface area contributed by atoms with Crippen molar-refractivity contribution in [2.24, 2.45) is 5.73 Å². The summed E-state index contributed by atoms with van der Waals surface area (Å²) in [6.07, 6.45) is 2.60. The number of nitrogens with two attached hydrogens (primary N) is 1. The lowest BCUT2D eigenvalue weighted by Gasteiger charge is -2.06. The maximum atomic E-state index is 12.9. The number of hydrogen-bond donors (Lipinski definition) is 3. The minimum atomic E-state index is -0.357.